The Labute approximate surface area is 129 Å². The van der Waals surface area contributed by atoms with Crippen molar-refractivity contribution in [1.82, 2.24) is 4.90 Å². The van der Waals surface area contributed by atoms with Gasteiger partial charge in [-0.1, -0.05) is 6.92 Å². The van der Waals surface area contributed by atoms with Crippen LogP contribution in [0.2, 0.25) is 0 Å². The van der Waals surface area contributed by atoms with Gasteiger partial charge in [0.15, 0.2) is 0 Å². The fraction of sp³-hybridized carbons (Fsp3) is 0.417. The van der Waals surface area contributed by atoms with Crippen LogP contribution in [0.25, 0.3) is 0 Å². The van der Waals surface area contributed by atoms with Crippen molar-refractivity contribution < 1.29 is 17.6 Å². The van der Waals surface area contributed by atoms with Crippen LogP contribution in [0.15, 0.2) is 21.5 Å². The summed E-state index contributed by atoms with van der Waals surface area (Å²) in [5.74, 6) is -0.921. The summed E-state index contributed by atoms with van der Waals surface area (Å²) < 4.78 is 36.4. The highest BCUT2D eigenvalue weighted by Gasteiger charge is 2.28. The lowest BCUT2D eigenvalue weighted by atomic mass is 10.2. The van der Waals surface area contributed by atoms with Crippen LogP contribution in [-0.2, 0) is 9.05 Å². The molecule has 1 fully saturated rings. The minimum Gasteiger partial charge on any atom is -0.338 e. The Morgan fingerprint density at radius 3 is 2.65 bits per heavy atom. The van der Waals surface area contributed by atoms with Crippen molar-refractivity contribution in [2.45, 2.75) is 18.2 Å². The van der Waals surface area contributed by atoms with Gasteiger partial charge in [-0.05, 0) is 40.4 Å². The Balaban J connectivity index is 2.44. The van der Waals surface area contributed by atoms with E-state index in [-0.39, 0.29) is 15.9 Å². The molecule has 0 aromatic heterocycles. The maximum atomic E-state index is 13.6. The van der Waals surface area contributed by atoms with Crippen LogP contribution < -0.4 is 0 Å². The highest BCUT2D eigenvalue weighted by Crippen LogP contribution is 2.28. The van der Waals surface area contributed by atoms with Crippen molar-refractivity contribution in [2.24, 2.45) is 5.92 Å². The second-order valence-corrected chi connectivity index (χ2v) is 8.23. The number of benzene rings is 1. The first-order valence-electron chi connectivity index (χ1n) is 5.93. The molecule has 0 spiro atoms. The average Bonchev–Trinajstić information content (AvgIpc) is 2.73. The number of hydrogen-bond acceptors (Lipinski definition) is 3. The Kier molecular flexibility index (Phi) is 4.41. The van der Waals surface area contributed by atoms with Gasteiger partial charge in [0.1, 0.15) is 10.7 Å². The summed E-state index contributed by atoms with van der Waals surface area (Å²) in [4.78, 5) is 13.3. The van der Waals surface area contributed by atoms with E-state index in [0.29, 0.717) is 19.0 Å². The van der Waals surface area contributed by atoms with E-state index < -0.39 is 19.8 Å². The predicted octanol–water partition coefficient (Wildman–Crippen LogP) is 3.00. The number of amides is 1. The molecule has 0 N–H and O–H groups in total. The van der Waals surface area contributed by atoms with Gasteiger partial charge in [-0.15, -0.1) is 0 Å². The summed E-state index contributed by atoms with van der Waals surface area (Å²) in [6.45, 7) is 3.24. The fourth-order valence-corrected chi connectivity index (χ4v) is 3.56. The first kappa shape index (κ1) is 15.7. The first-order valence-corrected chi connectivity index (χ1v) is 9.03. The summed E-state index contributed by atoms with van der Waals surface area (Å²) in [6.07, 6.45) is 0.894. The van der Waals surface area contributed by atoms with Crippen molar-refractivity contribution in [1.29, 1.82) is 0 Å². The van der Waals surface area contributed by atoms with Crippen LogP contribution in [-0.4, -0.2) is 32.3 Å². The zero-order valence-corrected chi connectivity index (χ0v) is 13.7. The van der Waals surface area contributed by atoms with Gasteiger partial charge in [0, 0.05) is 28.2 Å². The highest BCUT2D eigenvalue weighted by molar-refractivity contribution is 9.10. The van der Waals surface area contributed by atoms with Crippen molar-refractivity contribution >= 4 is 41.6 Å². The SMILES string of the molecule is CC1CCN(C(=O)c2cc(S(=O)(=O)Cl)c(F)cc2Br)C1. The molecule has 1 aromatic rings. The topological polar surface area (TPSA) is 54.5 Å². The van der Waals surface area contributed by atoms with E-state index in [1.165, 1.54) is 0 Å². The molecule has 0 bridgehead atoms. The summed E-state index contributed by atoms with van der Waals surface area (Å²) in [5.41, 5.74) is 0.0970. The molecule has 0 saturated carbocycles. The zero-order chi connectivity index (χ0) is 15.1. The Bertz CT molecular complexity index is 665. The van der Waals surface area contributed by atoms with E-state index in [9.17, 15) is 17.6 Å². The van der Waals surface area contributed by atoms with Crippen molar-refractivity contribution in [3.63, 3.8) is 0 Å². The van der Waals surface area contributed by atoms with Crippen LogP contribution in [0, 0.1) is 11.7 Å². The minimum atomic E-state index is -4.23. The standard InChI is InChI=1S/C12H12BrClFNO3S/c1-7-2-3-16(6-7)12(17)8-4-11(20(14,18)19)10(15)5-9(8)13/h4-5,7H,2-3,6H2,1H3. The molecule has 1 aliphatic heterocycles. The van der Waals surface area contributed by atoms with Gasteiger partial charge in [0.2, 0.25) is 0 Å². The number of likely N-dealkylation sites (tertiary alicyclic amines) is 1. The smallest absolute Gasteiger partial charge is 0.264 e. The van der Waals surface area contributed by atoms with Gasteiger partial charge >= 0.3 is 0 Å². The number of carbonyl (C=O) groups is 1. The van der Waals surface area contributed by atoms with Crippen molar-refractivity contribution in [3.05, 3.63) is 28.0 Å². The molecular formula is C12H12BrClFNO3S. The lowest BCUT2D eigenvalue weighted by molar-refractivity contribution is 0.0787. The predicted molar refractivity (Wildman–Crippen MR) is 76.8 cm³/mol. The number of nitrogens with zero attached hydrogens (tertiary/aromatic N) is 1. The third-order valence-corrected chi connectivity index (χ3v) is 5.22. The summed E-state index contributed by atoms with van der Waals surface area (Å²) in [5, 5.41) is 0. The second kappa shape index (κ2) is 5.61. The molecule has 1 aliphatic rings. The first-order chi connectivity index (χ1) is 9.20. The third-order valence-electron chi connectivity index (χ3n) is 3.23. The molecule has 1 heterocycles. The van der Waals surface area contributed by atoms with E-state index in [0.717, 1.165) is 18.6 Å². The molecule has 0 aliphatic carbocycles. The minimum absolute atomic E-state index is 0.0970. The number of halogens is 3. The monoisotopic (exact) mass is 383 g/mol. The van der Waals surface area contributed by atoms with Gasteiger partial charge < -0.3 is 4.90 Å². The molecular weight excluding hydrogens is 373 g/mol. The molecule has 0 radical (unpaired) electrons. The summed E-state index contributed by atoms with van der Waals surface area (Å²) >= 11 is 3.09. The van der Waals surface area contributed by atoms with E-state index >= 15 is 0 Å². The van der Waals surface area contributed by atoms with Gasteiger partial charge in [-0.25, -0.2) is 12.8 Å². The molecule has 1 aromatic carbocycles. The normalized spacial score (nSPS) is 19.4. The zero-order valence-electron chi connectivity index (χ0n) is 10.6. The third kappa shape index (κ3) is 3.15. The Morgan fingerprint density at radius 2 is 2.15 bits per heavy atom. The van der Waals surface area contributed by atoms with E-state index in [4.69, 9.17) is 10.7 Å². The maximum absolute atomic E-state index is 13.6. The van der Waals surface area contributed by atoms with E-state index in [2.05, 4.69) is 15.9 Å². The van der Waals surface area contributed by atoms with Crippen LogP contribution in [0.5, 0.6) is 0 Å². The molecule has 110 valence electrons. The molecule has 2 rings (SSSR count). The molecule has 4 nitrogen and oxygen atoms in total. The van der Waals surface area contributed by atoms with Crippen LogP contribution in [0.4, 0.5) is 4.39 Å². The maximum Gasteiger partial charge on any atom is 0.264 e. The molecule has 1 saturated heterocycles. The lowest BCUT2D eigenvalue weighted by Gasteiger charge is -2.17. The second-order valence-electron chi connectivity index (χ2n) is 4.85. The fourth-order valence-electron chi connectivity index (χ4n) is 2.17. The number of rotatable bonds is 2. The largest absolute Gasteiger partial charge is 0.338 e. The van der Waals surface area contributed by atoms with Gasteiger partial charge in [0.25, 0.3) is 15.0 Å². The molecule has 1 unspecified atom stereocenters. The van der Waals surface area contributed by atoms with Gasteiger partial charge in [-0.2, -0.15) is 0 Å². The lowest BCUT2D eigenvalue weighted by Crippen LogP contribution is -2.29. The van der Waals surface area contributed by atoms with E-state index in [1.807, 2.05) is 6.92 Å². The quantitative estimate of drug-likeness (QED) is 0.737. The molecule has 1 atom stereocenters. The van der Waals surface area contributed by atoms with Crippen molar-refractivity contribution in [3.8, 4) is 0 Å². The molecule has 20 heavy (non-hydrogen) atoms. The highest BCUT2D eigenvalue weighted by atomic mass is 79.9. The number of hydrogen-bond donors (Lipinski definition) is 0. The summed E-state index contributed by atoms with van der Waals surface area (Å²) in [7, 11) is 0.933. The van der Waals surface area contributed by atoms with Crippen LogP contribution in [0.3, 0.4) is 0 Å². The Hall–Kier alpha value is -0.660. The Morgan fingerprint density at radius 1 is 1.50 bits per heavy atom. The average molecular weight is 385 g/mol. The van der Waals surface area contributed by atoms with Crippen LogP contribution >= 0.6 is 26.6 Å². The summed E-state index contributed by atoms with van der Waals surface area (Å²) in [6, 6.07) is 1.93. The van der Waals surface area contributed by atoms with Gasteiger partial charge in [0.05, 0.1) is 5.56 Å². The molecule has 1 amide bonds. The van der Waals surface area contributed by atoms with Gasteiger partial charge in [-0.3, -0.25) is 4.79 Å². The number of carbonyl (C=O) groups excluding carboxylic acids is 1. The molecule has 8 heteroatoms. The van der Waals surface area contributed by atoms with E-state index in [1.54, 1.807) is 4.90 Å². The van der Waals surface area contributed by atoms with Crippen molar-refractivity contribution in [2.75, 3.05) is 13.1 Å². The van der Waals surface area contributed by atoms with Crippen LogP contribution in [0.1, 0.15) is 23.7 Å².